The highest BCUT2D eigenvalue weighted by molar-refractivity contribution is 9.10. The Kier molecular flexibility index (Phi) is 4.07. The minimum atomic E-state index is -3.93. The maximum atomic E-state index is 13.6. The molecule has 19 heavy (non-hydrogen) atoms. The molecule has 8 heteroatoms. The molecule has 2 aromatic rings. The summed E-state index contributed by atoms with van der Waals surface area (Å²) in [5.74, 6) is -0.682. The second-order valence-corrected chi connectivity index (χ2v) is 6.44. The Morgan fingerprint density at radius 3 is 2.68 bits per heavy atom. The van der Waals surface area contributed by atoms with Crippen molar-refractivity contribution < 1.29 is 12.8 Å². The van der Waals surface area contributed by atoms with E-state index in [2.05, 4.69) is 25.6 Å². The lowest BCUT2D eigenvalue weighted by Crippen LogP contribution is -2.14. The lowest BCUT2D eigenvalue weighted by atomic mass is 10.3. The number of anilines is 1. The van der Waals surface area contributed by atoms with Gasteiger partial charge in [-0.1, -0.05) is 17.7 Å². The van der Waals surface area contributed by atoms with Crippen LogP contribution in [-0.2, 0) is 10.0 Å². The molecule has 1 aromatic carbocycles. The van der Waals surface area contributed by atoms with Gasteiger partial charge in [0.05, 0.1) is 10.6 Å². The van der Waals surface area contributed by atoms with Crippen molar-refractivity contribution in [1.29, 1.82) is 0 Å². The number of rotatable bonds is 3. The molecule has 0 aliphatic carbocycles. The number of hydrogen-bond acceptors (Lipinski definition) is 3. The lowest BCUT2D eigenvalue weighted by molar-refractivity contribution is 0.598. The van der Waals surface area contributed by atoms with Crippen LogP contribution >= 0.6 is 27.5 Å². The number of para-hydroxylation sites is 1. The van der Waals surface area contributed by atoms with Crippen LogP contribution in [0.15, 0.2) is 45.9 Å². The number of aromatic nitrogens is 1. The van der Waals surface area contributed by atoms with Gasteiger partial charge in [0.15, 0.2) is 0 Å². The molecule has 1 heterocycles. The summed E-state index contributed by atoms with van der Waals surface area (Å²) in [7, 11) is -3.93. The predicted molar refractivity (Wildman–Crippen MR) is 74.2 cm³/mol. The topological polar surface area (TPSA) is 59.1 Å². The normalized spacial score (nSPS) is 11.3. The van der Waals surface area contributed by atoms with Gasteiger partial charge in [-0.25, -0.2) is 17.8 Å². The number of nitrogens with zero attached hydrogens (tertiary/aromatic N) is 1. The van der Waals surface area contributed by atoms with Crippen LogP contribution in [0, 0.1) is 5.82 Å². The third-order valence-electron chi connectivity index (χ3n) is 2.21. The molecule has 1 N–H and O–H groups in total. The first kappa shape index (κ1) is 14.2. The van der Waals surface area contributed by atoms with E-state index in [4.69, 9.17) is 11.6 Å². The lowest BCUT2D eigenvalue weighted by Gasteiger charge is -2.10. The van der Waals surface area contributed by atoms with Crippen LogP contribution in [0.4, 0.5) is 10.1 Å². The molecule has 0 spiro atoms. The average Bonchev–Trinajstić information content (AvgIpc) is 2.34. The third-order valence-corrected chi connectivity index (χ3v) is 4.42. The van der Waals surface area contributed by atoms with Crippen molar-refractivity contribution in [3.05, 3.63) is 52.0 Å². The van der Waals surface area contributed by atoms with Crippen molar-refractivity contribution >= 4 is 43.2 Å². The molecule has 0 unspecified atom stereocenters. The third kappa shape index (κ3) is 3.23. The van der Waals surface area contributed by atoms with E-state index < -0.39 is 15.8 Å². The van der Waals surface area contributed by atoms with Gasteiger partial charge in [0, 0.05) is 10.7 Å². The van der Waals surface area contributed by atoms with Gasteiger partial charge < -0.3 is 0 Å². The van der Waals surface area contributed by atoms with Gasteiger partial charge >= 0.3 is 0 Å². The molecule has 0 saturated heterocycles. The largest absolute Gasteiger partial charge is 0.275 e. The van der Waals surface area contributed by atoms with Crippen molar-refractivity contribution in [3.63, 3.8) is 0 Å². The minimum absolute atomic E-state index is 0.0375. The highest BCUT2D eigenvalue weighted by atomic mass is 79.9. The summed E-state index contributed by atoms with van der Waals surface area (Å²) in [6.45, 7) is 0. The van der Waals surface area contributed by atoms with Gasteiger partial charge in [0.2, 0.25) is 0 Å². The quantitative estimate of drug-likeness (QED) is 0.848. The molecule has 1 aromatic heterocycles. The Morgan fingerprint density at radius 2 is 2.05 bits per heavy atom. The Balaban J connectivity index is 2.42. The van der Waals surface area contributed by atoms with Crippen molar-refractivity contribution in [2.45, 2.75) is 4.90 Å². The van der Waals surface area contributed by atoms with E-state index >= 15 is 0 Å². The van der Waals surface area contributed by atoms with Crippen LogP contribution < -0.4 is 4.72 Å². The highest BCUT2D eigenvalue weighted by Gasteiger charge is 2.18. The van der Waals surface area contributed by atoms with Crippen molar-refractivity contribution in [3.8, 4) is 0 Å². The number of nitrogens with one attached hydrogen (secondary N) is 1. The molecule has 0 amide bonds. The zero-order chi connectivity index (χ0) is 14.0. The minimum Gasteiger partial charge on any atom is -0.275 e. The van der Waals surface area contributed by atoms with Crippen LogP contribution in [0.1, 0.15) is 0 Å². The van der Waals surface area contributed by atoms with Gasteiger partial charge in [-0.2, -0.15) is 0 Å². The van der Waals surface area contributed by atoms with Gasteiger partial charge in [0.25, 0.3) is 10.0 Å². The molecule has 0 aliphatic heterocycles. The Hall–Kier alpha value is -1.18. The van der Waals surface area contributed by atoms with Crippen molar-refractivity contribution in [1.82, 2.24) is 4.98 Å². The van der Waals surface area contributed by atoms with E-state index in [1.54, 1.807) is 0 Å². The molecular weight excluding hydrogens is 359 g/mol. The fourth-order valence-electron chi connectivity index (χ4n) is 1.34. The summed E-state index contributed by atoms with van der Waals surface area (Å²) in [6.07, 6.45) is 1.26. The van der Waals surface area contributed by atoms with Crippen molar-refractivity contribution in [2.24, 2.45) is 0 Å². The highest BCUT2D eigenvalue weighted by Crippen LogP contribution is 2.27. The van der Waals surface area contributed by atoms with E-state index in [0.717, 1.165) is 6.07 Å². The van der Waals surface area contributed by atoms with E-state index in [0.29, 0.717) is 4.47 Å². The van der Waals surface area contributed by atoms with Crippen molar-refractivity contribution in [2.75, 3.05) is 4.72 Å². The fraction of sp³-hybridized carbons (Fsp3) is 0. The first-order valence-electron chi connectivity index (χ1n) is 4.98. The SMILES string of the molecule is O=S(=O)(Nc1c(F)cccc1Br)c1ccnc(Cl)c1. The standard InChI is InChI=1S/C11H7BrClFN2O2S/c12-8-2-1-3-9(14)11(8)16-19(17,18)7-4-5-15-10(13)6-7/h1-6,16H. The number of pyridine rings is 1. The van der Waals surface area contributed by atoms with Crippen LogP contribution in [-0.4, -0.2) is 13.4 Å². The maximum Gasteiger partial charge on any atom is 0.262 e. The molecule has 0 bridgehead atoms. The number of hydrogen-bond donors (Lipinski definition) is 1. The summed E-state index contributed by atoms with van der Waals surface area (Å²) in [5, 5.41) is 0.0375. The van der Waals surface area contributed by atoms with E-state index in [1.807, 2.05) is 0 Å². The van der Waals surface area contributed by atoms with Crippen LogP contribution in [0.5, 0.6) is 0 Å². The summed E-state index contributed by atoms with van der Waals surface area (Å²) in [5.41, 5.74) is -0.157. The second-order valence-electron chi connectivity index (χ2n) is 3.52. The van der Waals surface area contributed by atoms with E-state index in [-0.39, 0.29) is 15.7 Å². The first-order chi connectivity index (χ1) is 8.90. The van der Waals surface area contributed by atoms with Crippen LogP contribution in [0.3, 0.4) is 0 Å². The predicted octanol–water partition coefficient (Wildman–Crippen LogP) is 3.44. The molecular formula is C11H7BrClFN2O2S. The molecule has 0 fully saturated rings. The zero-order valence-corrected chi connectivity index (χ0v) is 12.4. The summed E-state index contributed by atoms with van der Waals surface area (Å²) in [6, 6.07) is 6.59. The number of sulfonamides is 1. The number of halogens is 3. The Labute approximate surface area is 122 Å². The zero-order valence-electron chi connectivity index (χ0n) is 9.27. The molecule has 100 valence electrons. The first-order valence-corrected chi connectivity index (χ1v) is 7.64. The molecule has 0 aliphatic rings. The smallest absolute Gasteiger partial charge is 0.262 e. The number of benzene rings is 1. The summed E-state index contributed by atoms with van der Waals surface area (Å²) < 4.78 is 40.2. The monoisotopic (exact) mass is 364 g/mol. The van der Waals surface area contributed by atoms with Gasteiger partial charge in [-0.3, -0.25) is 4.72 Å². The molecule has 0 radical (unpaired) electrons. The molecule has 4 nitrogen and oxygen atoms in total. The van der Waals surface area contributed by atoms with Crippen LogP contribution in [0.2, 0.25) is 5.15 Å². The summed E-state index contributed by atoms with van der Waals surface area (Å²) in [4.78, 5) is 3.59. The molecule has 0 atom stereocenters. The van der Waals surface area contributed by atoms with Crippen LogP contribution in [0.25, 0.3) is 0 Å². The Bertz CT molecular complexity index is 704. The van der Waals surface area contributed by atoms with E-state index in [1.165, 1.54) is 30.5 Å². The molecule has 0 saturated carbocycles. The summed E-state index contributed by atoms with van der Waals surface area (Å²) >= 11 is 8.71. The molecule has 2 rings (SSSR count). The van der Waals surface area contributed by atoms with Gasteiger partial charge in [-0.15, -0.1) is 0 Å². The van der Waals surface area contributed by atoms with E-state index in [9.17, 15) is 12.8 Å². The Morgan fingerprint density at radius 1 is 1.32 bits per heavy atom. The fourth-order valence-corrected chi connectivity index (χ4v) is 3.25. The second kappa shape index (κ2) is 5.44. The average molecular weight is 366 g/mol. The van der Waals surface area contributed by atoms with Gasteiger partial charge in [-0.05, 0) is 40.2 Å². The van der Waals surface area contributed by atoms with Gasteiger partial charge in [0.1, 0.15) is 11.0 Å². The maximum absolute atomic E-state index is 13.6.